The smallest absolute Gasteiger partial charge is 0.337 e. The molecule has 0 unspecified atom stereocenters. The summed E-state index contributed by atoms with van der Waals surface area (Å²) in [5.74, 6) is 0.366. The standard InChI is InChI=1S/C15H11NO3S/c1-18-14(17)10-7-8-13-12(9-10)16-15(20-13)19-11-5-3-2-4-6-11/h2-9H,1H3. The first-order chi connectivity index (χ1) is 9.76. The highest BCUT2D eigenvalue weighted by atomic mass is 32.1. The highest BCUT2D eigenvalue weighted by molar-refractivity contribution is 7.20. The van der Waals surface area contributed by atoms with Crippen molar-refractivity contribution >= 4 is 27.5 Å². The number of methoxy groups -OCH3 is 1. The van der Waals surface area contributed by atoms with Crippen molar-refractivity contribution in [2.75, 3.05) is 7.11 Å². The first-order valence-electron chi connectivity index (χ1n) is 5.98. The fourth-order valence-electron chi connectivity index (χ4n) is 1.78. The molecule has 4 nitrogen and oxygen atoms in total. The van der Waals surface area contributed by atoms with E-state index in [1.807, 2.05) is 36.4 Å². The van der Waals surface area contributed by atoms with Gasteiger partial charge in [-0.05, 0) is 30.3 Å². The molecule has 0 saturated heterocycles. The number of carbonyl (C=O) groups is 1. The van der Waals surface area contributed by atoms with Gasteiger partial charge in [0.05, 0.1) is 22.9 Å². The number of aromatic nitrogens is 1. The van der Waals surface area contributed by atoms with E-state index in [0.29, 0.717) is 10.8 Å². The molecule has 1 aromatic heterocycles. The second kappa shape index (κ2) is 5.30. The van der Waals surface area contributed by atoms with Crippen LogP contribution in [0.15, 0.2) is 48.5 Å². The molecule has 0 atom stereocenters. The molecular weight excluding hydrogens is 274 g/mol. The van der Waals surface area contributed by atoms with Crippen LogP contribution in [0.25, 0.3) is 10.2 Å². The molecule has 100 valence electrons. The molecule has 0 N–H and O–H groups in total. The third-order valence-electron chi connectivity index (χ3n) is 2.74. The predicted octanol–water partition coefficient (Wildman–Crippen LogP) is 3.88. The number of para-hydroxylation sites is 1. The Morgan fingerprint density at radius 1 is 1.15 bits per heavy atom. The number of fused-ring (bicyclic) bond motifs is 1. The van der Waals surface area contributed by atoms with Crippen LogP contribution in [0.1, 0.15) is 10.4 Å². The first-order valence-corrected chi connectivity index (χ1v) is 6.80. The van der Waals surface area contributed by atoms with Crippen molar-refractivity contribution in [3.8, 4) is 10.9 Å². The number of ether oxygens (including phenoxy) is 2. The normalized spacial score (nSPS) is 10.4. The van der Waals surface area contributed by atoms with Gasteiger partial charge in [-0.2, -0.15) is 0 Å². The van der Waals surface area contributed by atoms with Crippen molar-refractivity contribution in [1.29, 1.82) is 0 Å². The molecule has 0 saturated carbocycles. The van der Waals surface area contributed by atoms with E-state index >= 15 is 0 Å². The topological polar surface area (TPSA) is 48.4 Å². The number of hydrogen-bond acceptors (Lipinski definition) is 5. The Morgan fingerprint density at radius 3 is 2.70 bits per heavy atom. The zero-order valence-corrected chi connectivity index (χ0v) is 11.5. The third-order valence-corrected chi connectivity index (χ3v) is 3.65. The summed E-state index contributed by atoms with van der Waals surface area (Å²) in [5, 5.41) is 0.549. The van der Waals surface area contributed by atoms with Crippen molar-refractivity contribution in [3.05, 3.63) is 54.1 Å². The van der Waals surface area contributed by atoms with Gasteiger partial charge in [0.25, 0.3) is 5.19 Å². The quantitative estimate of drug-likeness (QED) is 0.685. The van der Waals surface area contributed by atoms with Gasteiger partial charge in [0.1, 0.15) is 5.75 Å². The number of benzene rings is 2. The van der Waals surface area contributed by atoms with Gasteiger partial charge in [0.2, 0.25) is 0 Å². The van der Waals surface area contributed by atoms with Crippen LogP contribution in [0, 0.1) is 0 Å². The van der Waals surface area contributed by atoms with E-state index in [0.717, 1.165) is 16.0 Å². The highest BCUT2D eigenvalue weighted by Crippen LogP contribution is 2.31. The summed E-state index contributed by atoms with van der Waals surface area (Å²) >= 11 is 1.43. The molecule has 0 bridgehead atoms. The van der Waals surface area contributed by atoms with E-state index < -0.39 is 0 Å². The number of carbonyl (C=O) groups excluding carboxylic acids is 1. The Labute approximate surface area is 119 Å². The summed E-state index contributed by atoms with van der Waals surface area (Å²) in [7, 11) is 1.36. The maximum atomic E-state index is 11.5. The molecule has 2 aromatic carbocycles. The molecule has 0 fully saturated rings. The zero-order valence-electron chi connectivity index (χ0n) is 10.7. The van der Waals surface area contributed by atoms with Crippen LogP contribution in [0.3, 0.4) is 0 Å². The number of rotatable bonds is 3. The van der Waals surface area contributed by atoms with Gasteiger partial charge >= 0.3 is 5.97 Å². The molecule has 0 aliphatic heterocycles. The summed E-state index contributed by atoms with van der Waals surface area (Å²) in [6, 6.07) is 14.7. The van der Waals surface area contributed by atoms with Crippen LogP contribution in [0.5, 0.6) is 10.9 Å². The Bertz CT molecular complexity index is 752. The van der Waals surface area contributed by atoms with Gasteiger partial charge in [0.15, 0.2) is 0 Å². The van der Waals surface area contributed by atoms with Crippen molar-refractivity contribution < 1.29 is 14.3 Å². The lowest BCUT2D eigenvalue weighted by Gasteiger charge is -1.99. The third kappa shape index (κ3) is 2.48. The van der Waals surface area contributed by atoms with Crippen LogP contribution >= 0.6 is 11.3 Å². The fourth-order valence-corrected chi connectivity index (χ4v) is 2.60. The minimum Gasteiger partial charge on any atom is -0.465 e. The number of hydrogen-bond donors (Lipinski definition) is 0. The second-order valence-electron chi connectivity index (χ2n) is 4.07. The lowest BCUT2D eigenvalue weighted by atomic mass is 10.2. The minimum atomic E-state index is -0.370. The predicted molar refractivity (Wildman–Crippen MR) is 77.5 cm³/mol. The molecule has 0 aliphatic carbocycles. The van der Waals surface area contributed by atoms with Gasteiger partial charge in [-0.1, -0.05) is 29.5 Å². The van der Waals surface area contributed by atoms with Crippen LogP contribution in [-0.2, 0) is 4.74 Å². The molecule has 3 aromatic rings. The van der Waals surface area contributed by atoms with Crippen molar-refractivity contribution in [2.24, 2.45) is 0 Å². The summed E-state index contributed by atoms with van der Waals surface area (Å²) < 4.78 is 11.3. The number of esters is 1. The van der Waals surface area contributed by atoms with E-state index in [4.69, 9.17) is 9.47 Å². The second-order valence-corrected chi connectivity index (χ2v) is 5.06. The molecule has 0 aliphatic rings. The molecular formula is C15H11NO3S. The summed E-state index contributed by atoms with van der Waals surface area (Å²) in [4.78, 5) is 15.9. The molecule has 1 heterocycles. The summed E-state index contributed by atoms with van der Waals surface area (Å²) in [5.41, 5.74) is 1.21. The average Bonchev–Trinajstić information content (AvgIpc) is 2.88. The summed E-state index contributed by atoms with van der Waals surface area (Å²) in [6.45, 7) is 0. The maximum absolute atomic E-state index is 11.5. The Hall–Kier alpha value is -2.40. The molecule has 5 heteroatoms. The lowest BCUT2D eigenvalue weighted by Crippen LogP contribution is -2.00. The van der Waals surface area contributed by atoms with Gasteiger partial charge in [-0.3, -0.25) is 0 Å². The Morgan fingerprint density at radius 2 is 1.95 bits per heavy atom. The van der Waals surface area contributed by atoms with Crippen LogP contribution < -0.4 is 4.74 Å². The molecule has 3 rings (SSSR count). The van der Waals surface area contributed by atoms with Crippen LogP contribution in [0.4, 0.5) is 0 Å². The molecule has 0 spiro atoms. The number of thiazole rings is 1. The van der Waals surface area contributed by atoms with E-state index in [1.54, 1.807) is 12.1 Å². The minimum absolute atomic E-state index is 0.370. The van der Waals surface area contributed by atoms with E-state index in [2.05, 4.69) is 4.98 Å². The van der Waals surface area contributed by atoms with Crippen LogP contribution in [0.2, 0.25) is 0 Å². The Balaban J connectivity index is 1.92. The van der Waals surface area contributed by atoms with E-state index in [-0.39, 0.29) is 5.97 Å². The average molecular weight is 285 g/mol. The van der Waals surface area contributed by atoms with E-state index in [9.17, 15) is 4.79 Å². The van der Waals surface area contributed by atoms with Crippen molar-refractivity contribution in [2.45, 2.75) is 0 Å². The molecule has 0 radical (unpaired) electrons. The van der Waals surface area contributed by atoms with E-state index in [1.165, 1.54) is 18.4 Å². The van der Waals surface area contributed by atoms with Gasteiger partial charge in [-0.25, -0.2) is 9.78 Å². The maximum Gasteiger partial charge on any atom is 0.337 e. The van der Waals surface area contributed by atoms with Crippen molar-refractivity contribution in [1.82, 2.24) is 4.98 Å². The molecule has 20 heavy (non-hydrogen) atoms. The molecule has 0 amide bonds. The zero-order chi connectivity index (χ0) is 13.9. The fraction of sp³-hybridized carbons (Fsp3) is 0.0667. The van der Waals surface area contributed by atoms with Gasteiger partial charge < -0.3 is 9.47 Å². The monoisotopic (exact) mass is 285 g/mol. The lowest BCUT2D eigenvalue weighted by molar-refractivity contribution is 0.0601. The van der Waals surface area contributed by atoms with Crippen LogP contribution in [-0.4, -0.2) is 18.1 Å². The van der Waals surface area contributed by atoms with Gasteiger partial charge in [-0.15, -0.1) is 0 Å². The van der Waals surface area contributed by atoms with Crippen molar-refractivity contribution in [3.63, 3.8) is 0 Å². The highest BCUT2D eigenvalue weighted by Gasteiger charge is 2.10. The summed E-state index contributed by atoms with van der Waals surface area (Å²) in [6.07, 6.45) is 0. The SMILES string of the molecule is COC(=O)c1ccc2sc(Oc3ccccc3)nc2c1. The number of nitrogens with zero attached hydrogens (tertiary/aromatic N) is 1. The first kappa shape index (κ1) is 12.6. The Kier molecular flexibility index (Phi) is 3.35. The largest absolute Gasteiger partial charge is 0.465 e. The van der Waals surface area contributed by atoms with Gasteiger partial charge in [0, 0.05) is 0 Å².